The molecule has 1 fully saturated rings. The smallest absolute Gasteiger partial charge is 0.338 e. The van der Waals surface area contributed by atoms with E-state index < -0.39 is 0 Å². The number of hydrogen-bond acceptors (Lipinski definition) is 3. The lowest BCUT2D eigenvalue weighted by Crippen LogP contribution is -2.48. The first-order valence-corrected chi connectivity index (χ1v) is 8.77. The molecule has 138 valence electrons. The lowest BCUT2D eigenvalue weighted by Gasteiger charge is -2.40. The van der Waals surface area contributed by atoms with Crippen LogP contribution in [0.2, 0.25) is 0 Å². The van der Waals surface area contributed by atoms with E-state index in [1.807, 2.05) is 18.2 Å². The summed E-state index contributed by atoms with van der Waals surface area (Å²) in [6.07, 6.45) is 7.32. The summed E-state index contributed by atoms with van der Waals surface area (Å²) in [5, 5.41) is 0. The van der Waals surface area contributed by atoms with Crippen molar-refractivity contribution < 1.29 is 9.53 Å². The Kier molecular flexibility index (Phi) is 8.95. The van der Waals surface area contributed by atoms with Crippen molar-refractivity contribution in [2.75, 3.05) is 13.1 Å². The maximum absolute atomic E-state index is 12.3. The van der Waals surface area contributed by atoms with Gasteiger partial charge in [0.2, 0.25) is 0 Å². The molecule has 25 heavy (non-hydrogen) atoms. The number of allylic oxidation sites excluding steroid dienone is 3. The highest BCUT2D eigenvalue weighted by molar-refractivity contribution is 5.89. The van der Waals surface area contributed by atoms with Crippen LogP contribution in [-0.2, 0) is 4.74 Å². The first-order valence-electron chi connectivity index (χ1n) is 8.77. The number of carbonyl (C=O) groups is 1. The third-order valence-electron chi connectivity index (χ3n) is 4.53. The van der Waals surface area contributed by atoms with Crippen molar-refractivity contribution in [3.8, 4) is 0 Å². The molecule has 0 amide bonds. The number of likely N-dealkylation sites (tertiary alicyclic amines) is 1. The topological polar surface area (TPSA) is 29.5 Å². The molecule has 3 nitrogen and oxygen atoms in total. The highest BCUT2D eigenvalue weighted by atomic mass is 35.5. The minimum absolute atomic E-state index is 0. The number of hydrogen-bond donors (Lipinski definition) is 0. The van der Waals surface area contributed by atoms with E-state index >= 15 is 0 Å². The van der Waals surface area contributed by atoms with E-state index in [2.05, 4.69) is 50.8 Å². The standard InChI is InChI=1S/C21H29NO2.ClH/c1-16(2)10-8-9-13-22-15-17(3)20(14-18(22)4)24-21(23)19-11-6-5-7-12-19;/h5-12,17-18,20H,13-15H2,1-4H3;1H/b9-8-;. The molecule has 0 aliphatic carbocycles. The van der Waals surface area contributed by atoms with Crippen molar-refractivity contribution >= 4 is 18.4 Å². The van der Waals surface area contributed by atoms with Crippen LogP contribution >= 0.6 is 12.4 Å². The molecule has 0 N–H and O–H groups in total. The molecule has 0 aromatic heterocycles. The summed E-state index contributed by atoms with van der Waals surface area (Å²) in [4.78, 5) is 14.7. The highest BCUT2D eigenvalue weighted by Gasteiger charge is 2.33. The van der Waals surface area contributed by atoms with Crippen molar-refractivity contribution in [1.82, 2.24) is 4.90 Å². The normalized spacial score (nSPS) is 23.8. The first-order chi connectivity index (χ1) is 11.5. The Hall–Kier alpha value is -1.58. The minimum Gasteiger partial charge on any atom is -0.458 e. The Morgan fingerprint density at radius 1 is 1.24 bits per heavy atom. The third kappa shape index (κ3) is 6.68. The molecule has 1 aliphatic rings. The summed E-state index contributed by atoms with van der Waals surface area (Å²) < 4.78 is 5.77. The molecule has 3 atom stereocenters. The highest BCUT2D eigenvalue weighted by Crippen LogP contribution is 2.25. The van der Waals surface area contributed by atoms with Gasteiger partial charge < -0.3 is 4.74 Å². The maximum Gasteiger partial charge on any atom is 0.338 e. The average Bonchev–Trinajstić information content (AvgIpc) is 2.56. The molecule has 2 rings (SSSR count). The summed E-state index contributed by atoms with van der Waals surface area (Å²) in [5.41, 5.74) is 1.93. The Morgan fingerprint density at radius 2 is 1.92 bits per heavy atom. The van der Waals surface area contributed by atoms with Gasteiger partial charge in [-0.25, -0.2) is 4.79 Å². The van der Waals surface area contributed by atoms with Crippen LogP contribution in [0.25, 0.3) is 0 Å². The molecular formula is C21H30ClNO2. The number of esters is 1. The average molecular weight is 364 g/mol. The van der Waals surface area contributed by atoms with Gasteiger partial charge in [-0.2, -0.15) is 0 Å². The van der Waals surface area contributed by atoms with Crippen LogP contribution in [0.5, 0.6) is 0 Å². The van der Waals surface area contributed by atoms with E-state index in [4.69, 9.17) is 4.74 Å². The number of benzene rings is 1. The summed E-state index contributed by atoms with van der Waals surface area (Å²) in [5.74, 6) is 0.127. The van der Waals surface area contributed by atoms with Crippen molar-refractivity contribution in [3.05, 3.63) is 59.7 Å². The minimum atomic E-state index is -0.212. The molecule has 1 aromatic rings. The number of halogens is 1. The van der Waals surface area contributed by atoms with Gasteiger partial charge in [0, 0.05) is 31.5 Å². The van der Waals surface area contributed by atoms with Crippen LogP contribution in [0.3, 0.4) is 0 Å². The molecular weight excluding hydrogens is 334 g/mol. The fourth-order valence-corrected chi connectivity index (χ4v) is 3.04. The maximum atomic E-state index is 12.3. The Balaban J connectivity index is 0.00000312. The second kappa shape index (κ2) is 10.4. The first kappa shape index (κ1) is 21.5. The van der Waals surface area contributed by atoms with Gasteiger partial charge in [-0.3, -0.25) is 4.90 Å². The predicted octanol–water partition coefficient (Wildman–Crippen LogP) is 4.89. The Labute approximate surface area is 158 Å². The number of nitrogens with zero attached hydrogens (tertiary/aromatic N) is 1. The van der Waals surface area contributed by atoms with Crippen LogP contribution < -0.4 is 0 Å². The van der Waals surface area contributed by atoms with Crippen molar-refractivity contribution in [1.29, 1.82) is 0 Å². The third-order valence-corrected chi connectivity index (χ3v) is 4.53. The molecule has 1 saturated heterocycles. The lowest BCUT2D eigenvalue weighted by atomic mass is 9.91. The van der Waals surface area contributed by atoms with Crippen molar-refractivity contribution in [3.63, 3.8) is 0 Å². The molecule has 1 heterocycles. The van der Waals surface area contributed by atoms with Crippen LogP contribution in [0.4, 0.5) is 0 Å². The Bertz CT molecular complexity index is 593. The molecule has 1 aromatic carbocycles. The van der Waals surface area contributed by atoms with Crippen LogP contribution in [-0.4, -0.2) is 36.1 Å². The van der Waals surface area contributed by atoms with Crippen molar-refractivity contribution in [2.45, 2.75) is 46.3 Å². The second-order valence-electron chi connectivity index (χ2n) is 7.00. The fraction of sp³-hybridized carbons (Fsp3) is 0.476. The lowest BCUT2D eigenvalue weighted by molar-refractivity contribution is -0.0228. The number of piperidine rings is 1. The van der Waals surface area contributed by atoms with Gasteiger partial charge in [0.15, 0.2) is 0 Å². The number of ether oxygens (including phenoxy) is 1. The van der Waals surface area contributed by atoms with Crippen molar-refractivity contribution in [2.24, 2.45) is 5.92 Å². The largest absolute Gasteiger partial charge is 0.458 e. The van der Waals surface area contributed by atoms with E-state index in [1.165, 1.54) is 5.57 Å². The van der Waals surface area contributed by atoms with E-state index in [9.17, 15) is 4.79 Å². The zero-order valence-corrected chi connectivity index (χ0v) is 16.5. The van der Waals surface area contributed by atoms with Gasteiger partial charge in [0.25, 0.3) is 0 Å². The summed E-state index contributed by atoms with van der Waals surface area (Å²) in [6, 6.07) is 9.65. The van der Waals surface area contributed by atoms with Gasteiger partial charge in [-0.1, -0.05) is 48.9 Å². The summed E-state index contributed by atoms with van der Waals surface area (Å²) >= 11 is 0. The molecule has 3 unspecified atom stereocenters. The molecule has 0 bridgehead atoms. The molecule has 0 saturated carbocycles. The van der Waals surface area contributed by atoms with Gasteiger partial charge in [0.1, 0.15) is 6.10 Å². The van der Waals surface area contributed by atoms with Gasteiger partial charge in [0.05, 0.1) is 5.56 Å². The number of rotatable bonds is 5. The van der Waals surface area contributed by atoms with E-state index in [1.54, 1.807) is 12.1 Å². The zero-order chi connectivity index (χ0) is 17.5. The van der Waals surface area contributed by atoms with E-state index in [0.717, 1.165) is 19.5 Å². The molecule has 4 heteroatoms. The van der Waals surface area contributed by atoms with Gasteiger partial charge in [-0.15, -0.1) is 12.4 Å². The van der Waals surface area contributed by atoms with Gasteiger partial charge >= 0.3 is 5.97 Å². The van der Waals surface area contributed by atoms with Crippen LogP contribution in [0, 0.1) is 5.92 Å². The summed E-state index contributed by atoms with van der Waals surface area (Å²) in [7, 11) is 0. The molecule has 0 radical (unpaired) electrons. The van der Waals surface area contributed by atoms with Crippen LogP contribution in [0.15, 0.2) is 54.1 Å². The predicted molar refractivity (Wildman–Crippen MR) is 106 cm³/mol. The van der Waals surface area contributed by atoms with E-state index in [-0.39, 0.29) is 24.5 Å². The fourth-order valence-electron chi connectivity index (χ4n) is 3.04. The molecule has 0 spiro atoms. The second-order valence-corrected chi connectivity index (χ2v) is 7.00. The van der Waals surface area contributed by atoms with Crippen LogP contribution in [0.1, 0.15) is 44.5 Å². The SMILES string of the molecule is CC(C)=C/C=C\CN1CC(C)C(OC(=O)c2ccccc2)CC1C.Cl. The zero-order valence-electron chi connectivity index (χ0n) is 15.6. The van der Waals surface area contributed by atoms with Gasteiger partial charge in [-0.05, 0) is 32.9 Å². The van der Waals surface area contributed by atoms with E-state index in [0.29, 0.717) is 17.5 Å². The Morgan fingerprint density at radius 3 is 2.56 bits per heavy atom. The summed E-state index contributed by atoms with van der Waals surface area (Å²) in [6.45, 7) is 10.5. The molecule has 1 aliphatic heterocycles. The monoisotopic (exact) mass is 363 g/mol. The number of carbonyl (C=O) groups excluding carboxylic acids is 1. The quantitative estimate of drug-likeness (QED) is 0.551.